The van der Waals surface area contributed by atoms with E-state index in [9.17, 15) is 4.79 Å². The number of hydrogen-bond donors (Lipinski definition) is 0. The van der Waals surface area contributed by atoms with Gasteiger partial charge >= 0.3 is 0 Å². The lowest BCUT2D eigenvalue weighted by Crippen LogP contribution is -2.36. The quantitative estimate of drug-likeness (QED) is 0.765. The maximum atomic E-state index is 12.1. The molecule has 2 aliphatic carbocycles. The van der Waals surface area contributed by atoms with E-state index in [1.807, 2.05) is 11.9 Å². The highest BCUT2D eigenvalue weighted by Crippen LogP contribution is 2.27. The molecule has 0 aromatic heterocycles. The van der Waals surface area contributed by atoms with Crippen LogP contribution in [0.3, 0.4) is 0 Å². The minimum absolute atomic E-state index is 0.157. The highest BCUT2D eigenvalue weighted by atomic mass is 16.5. The predicted molar refractivity (Wildman–Crippen MR) is 77.0 cm³/mol. The van der Waals surface area contributed by atoms with Crippen molar-refractivity contribution in [2.24, 2.45) is 11.8 Å². The normalized spacial score (nSPS) is 28.5. The van der Waals surface area contributed by atoms with Crippen molar-refractivity contribution in [3.8, 4) is 0 Å². The average Bonchev–Trinajstić information content (AvgIpc) is 2.90. The summed E-state index contributed by atoms with van der Waals surface area (Å²) < 4.78 is 5.85. The first kappa shape index (κ1) is 14.8. The van der Waals surface area contributed by atoms with E-state index in [1.165, 1.54) is 44.9 Å². The van der Waals surface area contributed by atoms with Gasteiger partial charge in [-0.1, -0.05) is 32.6 Å². The Hall–Kier alpha value is -0.570. The molecule has 2 fully saturated rings. The first-order valence-corrected chi connectivity index (χ1v) is 8.02. The van der Waals surface area contributed by atoms with Gasteiger partial charge in [0.05, 0.1) is 6.10 Å². The van der Waals surface area contributed by atoms with Crippen molar-refractivity contribution in [1.29, 1.82) is 0 Å². The van der Waals surface area contributed by atoms with Crippen LogP contribution in [-0.2, 0) is 9.53 Å². The number of rotatable bonds is 5. The number of carbonyl (C=O) groups is 1. The molecule has 0 radical (unpaired) electrons. The van der Waals surface area contributed by atoms with Crippen LogP contribution >= 0.6 is 0 Å². The van der Waals surface area contributed by atoms with Crippen LogP contribution in [0.25, 0.3) is 0 Å². The zero-order chi connectivity index (χ0) is 13.7. The summed E-state index contributed by atoms with van der Waals surface area (Å²) in [4.78, 5) is 14.0. The van der Waals surface area contributed by atoms with Crippen LogP contribution < -0.4 is 0 Å². The van der Waals surface area contributed by atoms with Crippen molar-refractivity contribution in [2.45, 2.75) is 64.4 Å². The molecule has 3 heteroatoms. The molecule has 0 unspecified atom stereocenters. The molecule has 110 valence electrons. The van der Waals surface area contributed by atoms with Crippen LogP contribution in [0.4, 0.5) is 0 Å². The molecule has 19 heavy (non-hydrogen) atoms. The Morgan fingerprint density at radius 2 is 1.74 bits per heavy atom. The zero-order valence-corrected chi connectivity index (χ0v) is 12.6. The average molecular weight is 267 g/mol. The third kappa shape index (κ3) is 4.48. The van der Waals surface area contributed by atoms with E-state index >= 15 is 0 Å². The van der Waals surface area contributed by atoms with Gasteiger partial charge in [0, 0.05) is 13.6 Å². The highest BCUT2D eigenvalue weighted by Gasteiger charge is 2.24. The fourth-order valence-corrected chi connectivity index (χ4v) is 3.50. The molecule has 2 aliphatic rings. The van der Waals surface area contributed by atoms with Crippen LogP contribution in [0.15, 0.2) is 0 Å². The molecule has 0 aromatic carbocycles. The Balaban J connectivity index is 1.67. The van der Waals surface area contributed by atoms with Gasteiger partial charge in [-0.05, 0) is 37.5 Å². The van der Waals surface area contributed by atoms with Gasteiger partial charge in [0.15, 0.2) is 0 Å². The number of nitrogens with zero attached hydrogens (tertiary/aromatic N) is 1. The number of carbonyl (C=O) groups excluding carboxylic acids is 1. The van der Waals surface area contributed by atoms with Gasteiger partial charge in [0.2, 0.25) is 5.91 Å². The van der Waals surface area contributed by atoms with E-state index in [0.29, 0.717) is 12.0 Å². The Labute approximate surface area is 117 Å². The number of amides is 1. The third-order valence-corrected chi connectivity index (χ3v) is 4.89. The molecule has 0 spiro atoms. The minimum Gasteiger partial charge on any atom is -0.368 e. The highest BCUT2D eigenvalue weighted by molar-refractivity contribution is 5.77. The summed E-state index contributed by atoms with van der Waals surface area (Å²) in [6.45, 7) is 3.44. The van der Waals surface area contributed by atoms with Gasteiger partial charge in [-0.3, -0.25) is 4.79 Å². The molecule has 0 heterocycles. The number of likely N-dealkylation sites (N-methyl/N-ethyl adjacent to an activating group) is 1. The lowest BCUT2D eigenvalue weighted by atomic mass is 9.88. The molecule has 0 aromatic rings. The van der Waals surface area contributed by atoms with Crippen LogP contribution in [0, 0.1) is 11.8 Å². The Kier molecular flexibility index (Phi) is 5.68. The summed E-state index contributed by atoms with van der Waals surface area (Å²) in [7, 11) is 1.92. The van der Waals surface area contributed by atoms with Crippen LogP contribution in [0.5, 0.6) is 0 Å². The van der Waals surface area contributed by atoms with E-state index < -0.39 is 0 Å². The summed E-state index contributed by atoms with van der Waals surface area (Å²) in [6.07, 6.45) is 10.5. The lowest BCUT2D eigenvalue weighted by molar-refractivity contribution is -0.139. The summed E-state index contributed by atoms with van der Waals surface area (Å²) in [6, 6.07) is 0. The van der Waals surface area contributed by atoms with E-state index in [4.69, 9.17) is 4.74 Å². The topological polar surface area (TPSA) is 29.5 Å². The van der Waals surface area contributed by atoms with Crippen LogP contribution in [0.2, 0.25) is 0 Å². The van der Waals surface area contributed by atoms with Crippen molar-refractivity contribution < 1.29 is 9.53 Å². The van der Waals surface area contributed by atoms with E-state index in [2.05, 4.69) is 6.92 Å². The lowest BCUT2D eigenvalue weighted by Gasteiger charge is -2.29. The first-order chi connectivity index (χ1) is 9.16. The molecule has 0 saturated heterocycles. The molecular weight excluding hydrogens is 238 g/mol. The number of ether oxygens (including phenoxy) is 1. The molecule has 0 bridgehead atoms. The predicted octanol–water partition coefficient (Wildman–Crippen LogP) is 3.23. The Bertz CT molecular complexity index is 286. The molecule has 0 aliphatic heterocycles. The molecule has 1 amide bonds. The maximum Gasteiger partial charge on any atom is 0.248 e. The zero-order valence-electron chi connectivity index (χ0n) is 12.6. The van der Waals surface area contributed by atoms with E-state index in [-0.39, 0.29) is 12.5 Å². The van der Waals surface area contributed by atoms with Crippen molar-refractivity contribution in [3.05, 3.63) is 0 Å². The first-order valence-electron chi connectivity index (χ1n) is 8.02. The third-order valence-electron chi connectivity index (χ3n) is 4.89. The molecule has 2 rings (SSSR count). The van der Waals surface area contributed by atoms with Crippen molar-refractivity contribution >= 4 is 5.91 Å². The molecule has 0 N–H and O–H groups in total. The standard InChI is InChI=1S/C16H29NO2/c1-13-7-3-6-10-15(13)19-12-16(18)17(2)11-14-8-4-5-9-14/h13-15H,3-12H2,1-2H3/t13-,15+/m0/s1. The second-order valence-electron chi connectivity index (χ2n) is 6.54. The summed E-state index contributed by atoms with van der Waals surface area (Å²) in [5.41, 5.74) is 0. The van der Waals surface area contributed by atoms with E-state index in [1.54, 1.807) is 0 Å². The van der Waals surface area contributed by atoms with Gasteiger partial charge in [0.1, 0.15) is 6.61 Å². The minimum atomic E-state index is 0.157. The fourth-order valence-electron chi connectivity index (χ4n) is 3.50. The maximum absolute atomic E-state index is 12.1. The van der Waals surface area contributed by atoms with Crippen molar-refractivity contribution in [2.75, 3.05) is 20.2 Å². The fraction of sp³-hybridized carbons (Fsp3) is 0.938. The van der Waals surface area contributed by atoms with Gasteiger partial charge in [-0.25, -0.2) is 0 Å². The molecule has 3 nitrogen and oxygen atoms in total. The second kappa shape index (κ2) is 7.28. The van der Waals surface area contributed by atoms with Gasteiger partial charge in [-0.15, -0.1) is 0 Å². The number of hydrogen-bond acceptors (Lipinski definition) is 2. The van der Waals surface area contributed by atoms with Crippen molar-refractivity contribution in [3.63, 3.8) is 0 Å². The van der Waals surface area contributed by atoms with Gasteiger partial charge in [-0.2, -0.15) is 0 Å². The summed E-state index contributed by atoms with van der Waals surface area (Å²) in [5.74, 6) is 1.49. The monoisotopic (exact) mass is 267 g/mol. The SMILES string of the molecule is C[C@H]1CCCC[C@H]1OCC(=O)N(C)CC1CCCC1. The smallest absolute Gasteiger partial charge is 0.248 e. The van der Waals surface area contributed by atoms with Crippen LogP contribution in [0.1, 0.15) is 58.3 Å². The largest absolute Gasteiger partial charge is 0.368 e. The Morgan fingerprint density at radius 1 is 1.11 bits per heavy atom. The van der Waals surface area contributed by atoms with Crippen LogP contribution in [-0.4, -0.2) is 37.1 Å². The summed E-state index contributed by atoms with van der Waals surface area (Å²) >= 11 is 0. The van der Waals surface area contributed by atoms with Crippen molar-refractivity contribution in [1.82, 2.24) is 4.90 Å². The second-order valence-corrected chi connectivity index (χ2v) is 6.54. The van der Waals surface area contributed by atoms with E-state index in [0.717, 1.165) is 18.9 Å². The Morgan fingerprint density at radius 3 is 2.42 bits per heavy atom. The molecular formula is C16H29NO2. The van der Waals surface area contributed by atoms with Gasteiger partial charge < -0.3 is 9.64 Å². The molecule has 2 atom stereocenters. The van der Waals surface area contributed by atoms with Gasteiger partial charge in [0.25, 0.3) is 0 Å². The summed E-state index contributed by atoms with van der Waals surface area (Å²) in [5, 5.41) is 0. The molecule has 2 saturated carbocycles.